The Morgan fingerprint density at radius 3 is 1.69 bits per heavy atom. The maximum atomic E-state index is 12.8. The molecule has 3 rings (SSSR count). The number of benzene rings is 3. The molecule has 2 heteroatoms. The van der Waals surface area contributed by atoms with E-state index >= 15 is 0 Å². The van der Waals surface area contributed by atoms with Crippen molar-refractivity contribution in [2.24, 2.45) is 0 Å². The Hall–Kier alpha value is -2.87. The number of nitrogens with one attached hydrogen (secondary N) is 1. The van der Waals surface area contributed by atoms with E-state index < -0.39 is 0 Å². The third-order valence-electron chi connectivity index (χ3n) is 10.9. The molecule has 0 bridgehead atoms. The highest BCUT2D eigenvalue weighted by Gasteiger charge is 2.29. The summed E-state index contributed by atoms with van der Waals surface area (Å²) >= 11 is 0. The van der Waals surface area contributed by atoms with Gasteiger partial charge in [0.1, 0.15) is 0 Å². The summed E-state index contributed by atoms with van der Waals surface area (Å²) in [5.74, 6) is 0.121. The predicted molar refractivity (Wildman–Crippen MR) is 212 cm³/mol. The van der Waals surface area contributed by atoms with Gasteiger partial charge < -0.3 is 5.32 Å². The largest absolute Gasteiger partial charge is 0.326 e. The van der Waals surface area contributed by atoms with Crippen LogP contribution in [0, 0.1) is 0 Å². The molecule has 0 heterocycles. The molecule has 0 spiro atoms. The lowest BCUT2D eigenvalue weighted by molar-refractivity contribution is -0.116. The Morgan fingerprint density at radius 2 is 1.15 bits per heavy atom. The fraction of sp³-hybridized carbons (Fsp3) is 0.587. The Bertz CT molecular complexity index is 1420. The number of unbranched alkanes of at least 4 members (excludes halogenated alkanes) is 10. The first kappa shape index (κ1) is 39.6. The molecule has 0 atom stereocenters. The van der Waals surface area contributed by atoms with Gasteiger partial charge in [0, 0.05) is 12.1 Å². The van der Waals surface area contributed by atoms with Gasteiger partial charge in [-0.3, -0.25) is 4.79 Å². The van der Waals surface area contributed by atoms with E-state index in [0.29, 0.717) is 6.42 Å². The van der Waals surface area contributed by atoms with Gasteiger partial charge in [0.2, 0.25) is 5.91 Å². The molecule has 1 amide bonds. The zero-order valence-electron chi connectivity index (χ0n) is 32.6. The average molecular weight is 652 g/mol. The lowest BCUT2D eigenvalue weighted by atomic mass is 9.72. The van der Waals surface area contributed by atoms with Gasteiger partial charge in [-0.1, -0.05) is 182 Å². The van der Waals surface area contributed by atoms with E-state index in [1.807, 2.05) is 0 Å². The molecule has 3 aromatic carbocycles. The van der Waals surface area contributed by atoms with E-state index in [9.17, 15) is 4.79 Å². The van der Waals surface area contributed by atoms with E-state index in [1.54, 1.807) is 0 Å². The molecule has 2 nitrogen and oxygen atoms in total. The predicted octanol–water partition coefficient (Wildman–Crippen LogP) is 14.3. The molecular formula is C46H69NO. The van der Waals surface area contributed by atoms with E-state index in [-0.39, 0.29) is 22.2 Å². The molecule has 48 heavy (non-hydrogen) atoms. The third-order valence-corrected chi connectivity index (χ3v) is 10.9. The van der Waals surface area contributed by atoms with Crippen LogP contribution in [0.4, 0.5) is 5.69 Å². The summed E-state index contributed by atoms with van der Waals surface area (Å²) in [6.07, 6.45) is 17.0. The monoisotopic (exact) mass is 652 g/mol. The van der Waals surface area contributed by atoms with E-state index in [0.717, 1.165) is 31.4 Å². The smallest absolute Gasteiger partial charge is 0.224 e. The van der Waals surface area contributed by atoms with Gasteiger partial charge in [0.25, 0.3) is 0 Å². The zero-order valence-corrected chi connectivity index (χ0v) is 32.6. The highest BCUT2D eigenvalue weighted by atomic mass is 16.1. The lowest BCUT2D eigenvalue weighted by Gasteiger charge is -2.32. The molecule has 0 aromatic heterocycles. The van der Waals surface area contributed by atoms with Crippen molar-refractivity contribution in [2.45, 2.75) is 175 Å². The second-order valence-corrected chi connectivity index (χ2v) is 16.6. The summed E-state index contributed by atoms with van der Waals surface area (Å²) in [5, 5.41) is 3.17. The number of hydrogen-bond acceptors (Lipinski definition) is 1. The van der Waals surface area contributed by atoms with E-state index in [4.69, 9.17) is 0 Å². The molecule has 0 fully saturated rings. The Morgan fingerprint density at radius 1 is 0.583 bits per heavy atom. The van der Waals surface area contributed by atoms with Crippen LogP contribution in [0.3, 0.4) is 0 Å². The van der Waals surface area contributed by atoms with Crippen LogP contribution in [0.25, 0.3) is 22.3 Å². The van der Waals surface area contributed by atoms with Crippen LogP contribution in [0.15, 0.2) is 60.7 Å². The molecular weight excluding hydrogens is 583 g/mol. The Kier molecular flexibility index (Phi) is 15.0. The first-order valence-electron chi connectivity index (χ1n) is 19.4. The van der Waals surface area contributed by atoms with E-state index in [2.05, 4.69) is 135 Å². The normalized spacial score (nSPS) is 12.4. The minimum atomic E-state index is -0.0303. The van der Waals surface area contributed by atoms with Gasteiger partial charge >= 0.3 is 0 Å². The van der Waals surface area contributed by atoms with Crippen LogP contribution in [0.2, 0.25) is 0 Å². The molecule has 0 unspecified atom stereocenters. The molecule has 1 N–H and O–H groups in total. The van der Waals surface area contributed by atoms with Crippen molar-refractivity contribution in [1.29, 1.82) is 0 Å². The van der Waals surface area contributed by atoms with Crippen LogP contribution in [0.1, 0.15) is 176 Å². The number of anilines is 1. The van der Waals surface area contributed by atoms with Gasteiger partial charge in [0.15, 0.2) is 0 Å². The fourth-order valence-corrected chi connectivity index (χ4v) is 6.76. The topological polar surface area (TPSA) is 29.1 Å². The summed E-state index contributed by atoms with van der Waals surface area (Å²) in [7, 11) is 0. The highest BCUT2D eigenvalue weighted by molar-refractivity contribution is 5.92. The third kappa shape index (κ3) is 11.1. The first-order chi connectivity index (χ1) is 22.7. The average Bonchev–Trinajstić information content (AvgIpc) is 3.06. The van der Waals surface area contributed by atoms with Gasteiger partial charge in [0.05, 0.1) is 0 Å². The molecule has 0 saturated heterocycles. The Balaban J connectivity index is 1.79. The fourth-order valence-electron chi connectivity index (χ4n) is 6.76. The zero-order chi connectivity index (χ0) is 35.4. The molecule has 264 valence electrons. The number of rotatable bonds is 19. The van der Waals surface area contributed by atoms with Crippen molar-refractivity contribution in [3.63, 3.8) is 0 Å². The quantitative estimate of drug-likeness (QED) is 0.128. The molecule has 0 aliphatic carbocycles. The van der Waals surface area contributed by atoms with Crippen molar-refractivity contribution in [1.82, 2.24) is 0 Å². The maximum Gasteiger partial charge on any atom is 0.224 e. The summed E-state index contributed by atoms with van der Waals surface area (Å²) in [4.78, 5) is 12.8. The second-order valence-electron chi connectivity index (χ2n) is 16.6. The van der Waals surface area contributed by atoms with Crippen molar-refractivity contribution in [3.8, 4) is 22.3 Å². The minimum Gasteiger partial charge on any atom is -0.326 e. The number of carbonyl (C=O) groups is 1. The van der Waals surface area contributed by atoms with Gasteiger partial charge in [-0.25, -0.2) is 0 Å². The lowest BCUT2D eigenvalue weighted by Crippen LogP contribution is -2.21. The summed E-state index contributed by atoms with van der Waals surface area (Å²) < 4.78 is 0. The number of carbonyl (C=O) groups excluding carboxylic acids is 1. The van der Waals surface area contributed by atoms with E-state index in [1.165, 1.54) is 96.7 Å². The van der Waals surface area contributed by atoms with Crippen molar-refractivity contribution >= 4 is 11.6 Å². The number of hydrogen-bond donors (Lipinski definition) is 1. The summed E-state index contributed by atoms with van der Waals surface area (Å²) in [5.41, 5.74) is 10.3. The summed E-state index contributed by atoms with van der Waals surface area (Å²) in [6.45, 7) is 23.3. The van der Waals surface area contributed by atoms with Crippen LogP contribution in [-0.4, -0.2) is 5.91 Å². The SMILES string of the molecule is CCCCCCCCCCCCCC(=O)Nc1ccc(-c2c(-c3ccc(C(C)(C)CC)cc3C(C)(C)CC)cccc2C(C)(C)C)cc1. The number of amides is 1. The standard InChI is InChI=1S/C46H69NO/c1-11-14-15-16-17-18-19-20-21-22-23-27-42(48)47-37-31-28-35(29-32-37)43-39(25-24-26-40(43)44(4,5)6)38-33-30-36(45(7,8)12-2)34-41(38)46(9,10)13-3/h24-26,28-34H,11-23,27H2,1-10H3,(H,47,48). The molecule has 0 saturated carbocycles. The second kappa shape index (κ2) is 18.2. The minimum absolute atomic E-state index is 0.0303. The van der Waals surface area contributed by atoms with Gasteiger partial charge in [-0.2, -0.15) is 0 Å². The molecule has 0 aliphatic heterocycles. The molecule has 0 radical (unpaired) electrons. The van der Waals surface area contributed by atoms with Crippen LogP contribution in [-0.2, 0) is 21.0 Å². The Labute approximate surface area is 295 Å². The molecule has 3 aromatic rings. The van der Waals surface area contributed by atoms with Crippen molar-refractivity contribution in [2.75, 3.05) is 5.32 Å². The molecule has 0 aliphatic rings. The van der Waals surface area contributed by atoms with Crippen LogP contribution >= 0.6 is 0 Å². The maximum absolute atomic E-state index is 12.8. The van der Waals surface area contributed by atoms with Crippen molar-refractivity contribution < 1.29 is 4.79 Å². The van der Waals surface area contributed by atoms with Crippen molar-refractivity contribution in [3.05, 3.63) is 77.4 Å². The summed E-state index contributed by atoms with van der Waals surface area (Å²) in [6, 6.07) is 22.6. The van der Waals surface area contributed by atoms with Crippen LogP contribution < -0.4 is 5.32 Å². The van der Waals surface area contributed by atoms with Gasteiger partial charge in [-0.15, -0.1) is 0 Å². The van der Waals surface area contributed by atoms with Crippen LogP contribution in [0.5, 0.6) is 0 Å². The van der Waals surface area contributed by atoms with Gasteiger partial charge in [-0.05, 0) is 86.6 Å². The highest BCUT2D eigenvalue weighted by Crippen LogP contribution is 2.45. The first-order valence-corrected chi connectivity index (χ1v) is 19.4.